The zero-order chi connectivity index (χ0) is 15.6. The Balaban J connectivity index is 2.64. The number of nitrogens with one attached hydrogen (secondary N) is 1. The fraction of sp³-hybridized carbons (Fsp3) is 0.923. The number of halogens is 3. The molecule has 7 heteroatoms. The molecule has 0 radical (unpaired) electrons. The molecule has 0 saturated heterocycles. The monoisotopic (exact) mass is 310 g/mol. The summed E-state index contributed by atoms with van der Waals surface area (Å²) in [6.45, 7) is 5.44. The Morgan fingerprint density at radius 3 is 2.15 bits per heavy atom. The van der Waals surface area contributed by atoms with Crippen molar-refractivity contribution in [2.45, 2.75) is 69.8 Å². The van der Waals surface area contributed by atoms with Crippen LogP contribution in [-0.4, -0.2) is 21.5 Å². The number of nitriles is 1. The smallest absolute Gasteiger partial charge is 0.395 e. The molecule has 1 saturated carbocycles. The molecule has 116 valence electrons. The minimum Gasteiger partial charge on any atom is -0.598 e. The number of alkyl halides is 3. The van der Waals surface area contributed by atoms with E-state index in [0.29, 0.717) is 12.8 Å². The van der Waals surface area contributed by atoms with E-state index < -0.39 is 34.1 Å². The van der Waals surface area contributed by atoms with Gasteiger partial charge in [-0.1, -0.05) is 0 Å². The summed E-state index contributed by atoms with van der Waals surface area (Å²) in [7, 11) is 0. The maximum atomic E-state index is 13.1. The van der Waals surface area contributed by atoms with E-state index in [4.69, 9.17) is 5.26 Å². The van der Waals surface area contributed by atoms with Crippen LogP contribution in [0.3, 0.4) is 0 Å². The highest BCUT2D eigenvalue weighted by Crippen LogP contribution is 2.51. The topological polar surface area (TPSA) is 58.9 Å². The molecule has 0 aromatic rings. The Kier molecular flexibility index (Phi) is 5.39. The lowest BCUT2D eigenvalue weighted by molar-refractivity contribution is -0.233. The summed E-state index contributed by atoms with van der Waals surface area (Å²) >= 11 is -1.28. The molecule has 0 amide bonds. The summed E-state index contributed by atoms with van der Waals surface area (Å²) < 4.78 is 53.8. The molecule has 0 aromatic heterocycles. The van der Waals surface area contributed by atoms with Crippen LogP contribution in [0.5, 0.6) is 0 Å². The number of hydrogen-bond acceptors (Lipinski definition) is 3. The summed E-state index contributed by atoms with van der Waals surface area (Å²) in [5.74, 6) is 0. The van der Waals surface area contributed by atoms with Gasteiger partial charge in [0.1, 0.15) is 4.75 Å². The molecule has 1 rings (SSSR count). The molecule has 1 unspecified atom stereocenters. The first-order valence-corrected chi connectivity index (χ1v) is 7.78. The van der Waals surface area contributed by atoms with Gasteiger partial charge in [-0.05, 0) is 46.5 Å². The van der Waals surface area contributed by atoms with Gasteiger partial charge < -0.3 is 4.55 Å². The van der Waals surface area contributed by atoms with Crippen LogP contribution in [0, 0.1) is 16.7 Å². The lowest BCUT2D eigenvalue weighted by Crippen LogP contribution is -2.49. The summed E-state index contributed by atoms with van der Waals surface area (Å²) in [5, 5.41) is 8.65. The Morgan fingerprint density at radius 1 is 1.30 bits per heavy atom. The average Bonchev–Trinajstić information content (AvgIpc) is 2.29. The highest BCUT2D eigenvalue weighted by molar-refractivity contribution is 7.90. The van der Waals surface area contributed by atoms with E-state index in [1.165, 1.54) is 0 Å². The highest BCUT2D eigenvalue weighted by Gasteiger charge is 2.55. The molecule has 3 nitrogen and oxygen atoms in total. The van der Waals surface area contributed by atoms with Crippen LogP contribution < -0.4 is 4.72 Å². The average molecular weight is 310 g/mol. The van der Waals surface area contributed by atoms with Crippen molar-refractivity contribution in [3.63, 3.8) is 0 Å². The highest BCUT2D eigenvalue weighted by atomic mass is 32.2. The molecule has 0 spiro atoms. The maximum absolute atomic E-state index is 13.1. The minimum atomic E-state index is -4.35. The molecule has 0 heterocycles. The van der Waals surface area contributed by atoms with Crippen molar-refractivity contribution >= 4 is 11.4 Å². The molecule has 20 heavy (non-hydrogen) atoms. The van der Waals surface area contributed by atoms with Crippen molar-refractivity contribution in [3.8, 4) is 6.07 Å². The van der Waals surface area contributed by atoms with E-state index >= 15 is 0 Å². The molecule has 1 fully saturated rings. The molecule has 0 aliphatic heterocycles. The van der Waals surface area contributed by atoms with Gasteiger partial charge in [0.15, 0.2) is 0 Å². The predicted octanol–water partition coefficient (Wildman–Crippen LogP) is 3.44. The minimum absolute atomic E-state index is 0.0803. The second-order valence-corrected chi connectivity index (χ2v) is 8.38. The lowest BCUT2D eigenvalue weighted by atomic mass is 9.70. The van der Waals surface area contributed by atoms with E-state index in [9.17, 15) is 17.7 Å². The largest absolute Gasteiger partial charge is 0.598 e. The molecule has 1 atom stereocenters. The molecular formula is C13H21F3N2OS. The molecular weight excluding hydrogens is 289 g/mol. The number of rotatable bonds is 3. The third kappa shape index (κ3) is 4.03. The Labute approximate surface area is 121 Å². The first kappa shape index (κ1) is 17.6. The van der Waals surface area contributed by atoms with Crippen LogP contribution in [0.2, 0.25) is 0 Å². The third-order valence-corrected chi connectivity index (χ3v) is 5.45. The van der Waals surface area contributed by atoms with Gasteiger partial charge in [-0.3, -0.25) is 0 Å². The first-order valence-electron chi connectivity index (χ1n) is 6.63. The van der Waals surface area contributed by atoms with Crippen LogP contribution in [0.1, 0.15) is 52.9 Å². The Morgan fingerprint density at radius 2 is 1.80 bits per heavy atom. The predicted molar refractivity (Wildman–Crippen MR) is 72.0 cm³/mol. The fourth-order valence-corrected chi connectivity index (χ4v) is 3.22. The second-order valence-electron chi connectivity index (χ2n) is 6.39. The van der Waals surface area contributed by atoms with Crippen molar-refractivity contribution in [3.05, 3.63) is 0 Å². The zero-order valence-corrected chi connectivity index (χ0v) is 12.8. The van der Waals surface area contributed by atoms with E-state index in [-0.39, 0.29) is 18.9 Å². The van der Waals surface area contributed by atoms with E-state index in [2.05, 4.69) is 4.72 Å². The number of nitrogens with zero attached hydrogens (tertiary/aromatic N) is 1. The van der Waals surface area contributed by atoms with E-state index in [1.807, 2.05) is 20.8 Å². The van der Waals surface area contributed by atoms with Crippen molar-refractivity contribution < 1.29 is 17.7 Å². The van der Waals surface area contributed by atoms with E-state index in [1.54, 1.807) is 6.07 Å². The van der Waals surface area contributed by atoms with Crippen LogP contribution in [-0.2, 0) is 11.4 Å². The van der Waals surface area contributed by atoms with E-state index in [0.717, 1.165) is 0 Å². The van der Waals surface area contributed by atoms with Gasteiger partial charge in [0, 0.05) is 17.8 Å². The Hall–Kier alpha value is -0.450. The number of hydrogen-bond donors (Lipinski definition) is 1. The fourth-order valence-electron chi connectivity index (χ4n) is 2.33. The van der Waals surface area contributed by atoms with Gasteiger partial charge in [-0.25, -0.2) is 0 Å². The Bertz CT molecular complexity index is 365. The normalized spacial score (nSPS) is 29.8. The van der Waals surface area contributed by atoms with Gasteiger partial charge in [0.2, 0.25) is 0 Å². The van der Waals surface area contributed by atoms with Gasteiger partial charge in [-0.15, -0.1) is 4.72 Å². The standard InChI is InChI=1S/C13H21F3N2OS/c1-11(2,3)20(19)18-10-4-6-12(7-5-10,8-9-17)13(14,15)16/h10,18H,4-8H2,1-3H3. The van der Waals surface area contributed by atoms with Gasteiger partial charge in [0.25, 0.3) is 0 Å². The van der Waals surface area contributed by atoms with Gasteiger partial charge in [-0.2, -0.15) is 18.4 Å². The van der Waals surface area contributed by atoms with Crippen molar-refractivity contribution in [2.24, 2.45) is 5.41 Å². The van der Waals surface area contributed by atoms with Crippen LogP contribution in [0.4, 0.5) is 13.2 Å². The summed E-state index contributed by atoms with van der Waals surface area (Å²) in [5.41, 5.74) is -1.89. The first-order chi connectivity index (χ1) is 9.02. The van der Waals surface area contributed by atoms with Crippen LogP contribution in [0.25, 0.3) is 0 Å². The van der Waals surface area contributed by atoms with Crippen molar-refractivity contribution in [2.75, 3.05) is 0 Å². The summed E-state index contributed by atoms with van der Waals surface area (Å²) in [6.07, 6.45) is -4.42. The summed E-state index contributed by atoms with van der Waals surface area (Å²) in [4.78, 5) is 0. The lowest BCUT2D eigenvalue weighted by Gasteiger charge is -2.40. The maximum Gasteiger partial charge on any atom is 0.395 e. The molecule has 0 bridgehead atoms. The third-order valence-electron chi connectivity index (χ3n) is 3.79. The molecule has 0 aromatic carbocycles. The molecule has 1 N–H and O–H groups in total. The van der Waals surface area contributed by atoms with Crippen LogP contribution in [0.15, 0.2) is 0 Å². The van der Waals surface area contributed by atoms with Crippen molar-refractivity contribution in [1.82, 2.24) is 4.72 Å². The van der Waals surface area contributed by atoms with Gasteiger partial charge in [0.05, 0.1) is 17.5 Å². The zero-order valence-electron chi connectivity index (χ0n) is 12.0. The van der Waals surface area contributed by atoms with Crippen LogP contribution >= 0.6 is 0 Å². The quantitative estimate of drug-likeness (QED) is 0.812. The van der Waals surface area contributed by atoms with Crippen molar-refractivity contribution in [1.29, 1.82) is 5.26 Å². The SMILES string of the molecule is CC(C)(C)[S+]([O-])NC1CCC(CC#N)(C(F)(F)F)CC1. The summed E-state index contributed by atoms with van der Waals surface area (Å²) in [6, 6.07) is 1.49. The molecule has 1 aliphatic carbocycles. The second kappa shape index (κ2) is 6.12. The molecule has 1 aliphatic rings. The van der Waals surface area contributed by atoms with Gasteiger partial charge >= 0.3 is 6.18 Å².